The average Bonchev–Trinajstić information content (AvgIpc) is 3.03. The standard InChI is InChI=1S/C23H20N2O5/c26-20-17-10-4-5-11-18(17)21(27)25(20)19(13-15-7-2-1-3-8-15)22(28)24-12-6-9-16(14-24)23(29)30/h1-8,10-12,16,19H,9,13-14H2,(H,29,30). The van der Waals surface area contributed by atoms with Crippen LogP contribution in [0, 0.1) is 5.92 Å². The highest BCUT2D eigenvalue weighted by molar-refractivity contribution is 6.22. The van der Waals surface area contributed by atoms with Crippen LogP contribution < -0.4 is 0 Å². The third-order valence-corrected chi connectivity index (χ3v) is 5.45. The number of nitrogens with zero attached hydrogens (tertiary/aromatic N) is 2. The Labute approximate surface area is 173 Å². The molecule has 2 aliphatic heterocycles. The van der Waals surface area contributed by atoms with E-state index in [0.717, 1.165) is 10.5 Å². The third kappa shape index (κ3) is 3.50. The van der Waals surface area contributed by atoms with Crippen molar-refractivity contribution in [2.45, 2.75) is 18.9 Å². The van der Waals surface area contributed by atoms with Gasteiger partial charge in [0.2, 0.25) is 5.91 Å². The number of hydrogen-bond acceptors (Lipinski definition) is 4. The number of carboxylic acid groups (broad SMARTS) is 1. The van der Waals surface area contributed by atoms with Crippen molar-refractivity contribution in [1.29, 1.82) is 0 Å². The Hall–Kier alpha value is -3.74. The highest BCUT2D eigenvalue weighted by atomic mass is 16.4. The maximum absolute atomic E-state index is 13.4. The predicted octanol–water partition coefficient (Wildman–Crippen LogP) is 2.34. The number of carbonyl (C=O) groups excluding carboxylic acids is 3. The second-order valence-corrected chi connectivity index (χ2v) is 7.38. The summed E-state index contributed by atoms with van der Waals surface area (Å²) in [6.07, 6.45) is 3.64. The summed E-state index contributed by atoms with van der Waals surface area (Å²) in [5, 5.41) is 9.34. The van der Waals surface area contributed by atoms with E-state index in [1.165, 1.54) is 11.1 Å². The van der Waals surface area contributed by atoms with Gasteiger partial charge in [-0.2, -0.15) is 0 Å². The second kappa shape index (κ2) is 7.94. The lowest BCUT2D eigenvalue weighted by atomic mass is 9.99. The predicted molar refractivity (Wildman–Crippen MR) is 107 cm³/mol. The largest absolute Gasteiger partial charge is 0.481 e. The molecule has 152 valence electrons. The Bertz CT molecular complexity index is 1010. The number of amides is 3. The molecule has 2 aromatic rings. The molecule has 2 heterocycles. The number of hydrogen-bond donors (Lipinski definition) is 1. The molecule has 2 aliphatic rings. The Balaban J connectivity index is 1.69. The summed E-state index contributed by atoms with van der Waals surface area (Å²) >= 11 is 0. The van der Waals surface area contributed by atoms with Crippen molar-refractivity contribution in [3.8, 4) is 0 Å². The molecule has 1 N–H and O–H groups in total. The first-order valence-corrected chi connectivity index (χ1v) is 9.68. The molecule has 0 spiro atoms. The van der Waals surface area contributed by atoms with Gasteiger partial charge in [0.15, 0.2) is 0 Å². The van der Waals surface area contributed by atoms with Gasteiger partial charge in [-0.25, -0.2) is 0 Å². The van der Waals surface area contributed by atoms with E-state index in [-0.39, 0.29) is 24.1 Å². The molecule has 30 heavy (non-hydrogen) atoms. The highest BCUT2D eigenvalue weighted by Crippen LogP contribution is 2.27. The van der Waals surface area contributed by atoms with Crippen LogP contribution in [0.3, 0.4) is 0 Å². The maximum atomic E-state index is 13.4. The Morgan fingerprint density at radius 2 is 1.57 bits per heavy atom. The van der Waals surface area contributed by atoms with Gasteiger partial charge in [-0.05, 0) is 24.1 Å². The lowest BCUT2D eigenvalue weighted by Gasteiger charge is -2.32. The summed E-state index contributed by atoms with van der Waals surface area (Å²) in [5.41, 5.74) is 1.33. The number of benzene rings is 2. The fourth-order valence-corrected chi connectivity index (χ4v) is 3.88. The molecule has 0 radical (unpaired) electrons. The zero-order valence-corrected chi connectivity index (χ0v) is 16.1. The number of rotatable bonds is 5. The van der Waals surface area contributed by atoms with Crippen LogP contribution in [0.25, 0.3) is 0 Å². The first-order valence-electron chi connectivity index (χ1n) is 9.68. The molecule has 3 amide bonds. The molecule has 4 rings (SSSR count). The summed E-state index contributed by atoms with van der Waals surface area (Å²) in [4.78, 5) is 53.2. The van der Waals surface area contributed by atoms with E-state index in [1.807, 2.05) is 30.3 Å². The zero-order valence-electron chi connectivity index (χ0n) is 16.1. The van der Waals surface area contributed by atoms with Gasteiger partial charge in [0.05, 0.1) is 17.0 Å². The average molecular weight is 404 g/mol. The molecule has 7 nitrogen and oxygen atoms in total. The molecule has 0 aliphatic carbocycles. The van der Waals surface area contributed by atoms with Gasteiger partial charge < -0.3 is 10.0 Å². The summed E-state index contributed by atoms with van der Waals surface area (Å²) in [7, 11) is 0. The third-order valence-electron chi connectivity index (χ3n) is 5.45. The van der Waals surface area contributed by atoms with Crippen molar-refractivity contribution < 1.29 is 24.3 Å². The molecular weight excluding hydrogens is 384 g/mol. The lowest BCUT2D eigenvalue weighted by molar-refractivity contribution is -0.144. The zero-order chi connectivity index (χ0) is 21.3. The Kier molecular flexibility index (Phi) is 5.18. The number of carbonyl (C=O) groups is 4. The van der Waals surface area contributed by atoms with Crippen molar-refractivity contribution in [2.24, 2.45) is 5.92 Å². The van der Waals surface area contributed by atoms with Crippen LogP contribution in [0.4, 0.5) is 0 Å². The number of fused-ring (bicyclic) bond motifs is 1. The molecule has 0 aromatic heterocycles. The van der Waals surface area contributed by atoms with Crippen LogP contribution in [0.5, 0.6) is 0 Å². The van der Waals surface area contributed by atoms with Gasteiger partial charge in [-0.1, -0.05) is 48.5 Å². The van der Waals surface area contributed by atoms with E-state index in [9.17, 15) is 24.3 Å². The number of imide groups is 1. The first-order chi connectivity index (χ1) is 14.5. The van der Waals surface area contributed by atoms with Crippen molar-refractivity contribution in [2.75, 3.05) is 6.54 Å². The van der Waals surface area contributed by atoms with E-state index >= 15 is 0 Å². The first kappa shape index (κ1) is 19.6. The fraction of sp³-hybridized carbons (Fsp3) is 0.217. The van der Waals surface area contributed by atoms with Gasteiger partial charge in [-0.3, -0.25) is 24.1 Å². The summed E-state index contributed by atoms with van der Waals surface area (Å²) in [5.74, 6) is -3.21. The highest BCUT2D eigenvalue weighted by Gasteiger charge is 2.44. The van der Waals surface area contributed by atoms with Gasteiger partial charge in [0.1, 0.15) is 6.04 Å². The van der Waals surface area contributed by atoms with Crippen LogP contribution in [0.1, 0.15) is 32.7 Å². The Morgan fingerprint density at radius 3 is 2.17 bits per heavy atom. The topological polar surface area (TPSA) is 95.0 Å². The summed E-state index contributed by atoms with van der Waals surface area (Å²) < 4.78 is 0. The van der Waals surface area contributed by atoms with Gasteiger partial charge in [-0.15, -0.1) is 0 Å². The van der Waals surface area contributed by atoms with E-state index in [0.29, 0.717) is 6.42 Å². The van der Waals surface area contributed by atoms with Crippen LogP contribution in [0.15, 0.2) is 66.9 Å². The van der Waals surface area contributed by atoms with E-state index in [2.05, 4.69) is 0 Å². The van der Waals surface area contributed by atoms with Gasteiger partial charge >= 0.3 is 5.97 Å². The van der Waals surface area contributed by atoms with Crippen LogP contribution in [-0.4, -0.2) is 51.2 Å². The minimum absolute atomic E-state index is 0.000867. The number of aliphatic carboxylic acids is 1. The summed E-state index contributed by atoms with van der Waals surface area (Å²) in [6.45, 7) is -0.000867. The van der Waals surface area contributed by atoms with Crippen LogP contribution in [-0.2, 0) is 16.0 Å². The van der Waals surface area contributed by atoms with Crippen LogP contribution in [0.2, 0.25) is 0 Å². The molecule has 0 saturated carbocycles. The number of carboxylic acids is 1. The molecule has 7 heteroatoms. The molecule has 2 atom stereocenters. The van der Waals surface area contributed by atoms with Gasteiger partial charge in [0.25, 0.3) is 11.8 Å². The second-order valence-electron chi connectivity index (χ2n) is 7.38. The lowest BCUT2D eigenvalue weighted by Crippen LogP contribution is -2.52. The van der Waals surface area contributed by atoms with Crippen molar-refractivity contribution in [3.05, 3.63) is 83.6 Å². The normalized spacial score (nSPS) is 19.0. The fourth-order valence-electron chi connectivity index (χ4n) is 3.88. The smallest absolute Gasteiger partial charge is 0.308 e. The van der Waals surface area contributed by atoms with E-state index in [4.69, 9.17) is 0 Å². The maximum Gasteiger partial charge on any atom is 0.308 e. The minimum Gasteiger partial charge on any atom is -0.481 e. The molecule has 0 saturated heterocycles. The SMILES string of the molecule is O=C(O)C1CC=CN(C(=O)C(Cc2ccccc2)N2C(=O)c3ccccc3C2=O)C1. The number of allylic oxidation sites excluding steroid dienone is 1. The van der Waals surface area contributed by atoms with E-state index in [1.54, 1.807) is 30.3 Å². The summed E-state index contributed by atoms with van der Waals surface area (Å²) in [6, 6.07) is 14.5. The molecule has 2 unspecified atom stereocenters. The van der Waals surface area contributed by atoms with Gasteiger partial charge in [0, 0.05) is 19.2 Å². The molecular formula is C23H20N2O5. The molecule has 2 aromatic carbocycles. The van der Waals surface area contributed by atoms with E-state index < -0.39 is 35.7 Å². The Morgan fingerprint density at radius 1 is 0.967 bits per heavy atom. The van der Waals surface area contributed by atoms with Crippen molar-refractivity contribution >= 4 is 23.7 Å². The van der Waals surface area contributed by atoms with Crippen molar-refractivity contribution in [3.63, 3.8) is 0 Å². The van der Waals surface area contributed by atoms with Crippen molar-refractivity contribution in [1.82, 2.24) is 9.80 Å². The quantitative estimate of drug-likeness (QED) is 0.772. The molecule has 0 fully saturated rings. The minimum atomic E-state index is -1.07. The molecule has 0 bridgehead atoms. The monoisotopic (exact) mass is 404 g/mol. The van der Waals surface area contributed by atoms with Crippen LogP contribution >= 0.6 is 0 Å².